The van der Waals surface area contributed by atoms with Crippen LogP contribution in [0.1, 0.15) is 32.6 Å². The molecule has 88 valence electrons. The molecule has 1 heterocycles. The fourth-order valence-electron chi connectivity index (χ4n) is 1.27. The Morgan fingerprint density at radius 2 is 2.19 bits per heavy atom. The van der Waals surface area contributed by atoms with Gasteiger partial charge in [-0.15, -0.1) is 0 Å². The lowest BCUT2D eigenvalue weighted by Gasteiger charge is -2.03. The molecule has 0 bridgehead atoms. The molecule has 16 heavy (non-hydrogen) atoms. The Hall–Kier alpha value is -1.65. The van der Waals surface area contributed by atoms with E-state index in [1.165, 1.54) is 31.2 Å². The minimum absolute atomic E-state index is 0.0154. The summed E-state index contributed by atoms with van der Waals surface area (Å²) < 4.78 is 5.35. The van der Waals surface area contributed by atoms with Crippen LogP contribution >= 0.6 is 0 Å². The molecule has 0 N–H and O–H groups in total. The van der Waals surface area contributed by atoms with Gasteiger partial charge in [-0.3, -0.25) is 10.1 Å². The molecular weight excluding hydrogens is 208 g/mol. The fourth-order valence-corrected chi connectivity index (χ4v) is 1.27. The second-order valence-electron chi connectivity index (χ2n) is 3.52. The number of pyridine rings is 1. The average Bonchev–Trinajstić information content (AvgIpc) is 2.29. The maximum atomic E-state index is 10.4. The molecule has 0 unspecified atom stereocenters. The number of unbranched alkanes of at least 4 members (excludes halogenated alkanes) is 3. The second kappa shape index (κ2) is 6.76. The highest BCUT2D eigenvalue weighted by molar-refractivity contribution is 5.28. The average molecular weight is 224 g/mol. The topological polar surface area (TPSA) is 65.3 Å². The molecule has 0 fully saturated rings. The molecule has 1 aromatic rings. The molecule has 0 amide bonds. The standard InChI is InChI=1S/C11H16N2O3/c1-2-3-4-5-8-16-11-7-6-10(9-12-11)13(14)15/h6-7,9H,2-5,8H2,1H3. The van der Waals surface area contributed by atoms with Crippen LogP contribution in [0.3, 0.4) is 0 Å². The third-order valence-corrected chi connectivity index (χ3v) is 2.18. The van der Waals surface area contributed by atoms with Crippen LogP contribution in [0.25, 0.3) is 0 Å². The van der Waals surface area contributed by atoms with Crippen molar-refractivity contribution in [3.05, 3.63) is 28.4 Å². The minimum Gasteiger partial charge on any atom is -0.478 e. The van der Waals surface area contributed by atoms with Crippen LogP contribution in [0.4, 0.5) is 5.69 Å². The van der Waals surface area contributed by atoms with Crippen molar-refractivity contribution in [1.29, 1.82) is 0 Å². The Kier molecular flexibility index (Phi) is 5.25. The van der Waals surface area contributed by atoms with Gasteiger partial charge in [-0.2, -0.15) is 0 Å². The zero-order valence-electron chi connectivity index (χ0n) is 9.39. The third kappa shape index (κ3) is 4.25. The van der Waals surface area contributed by atoms with E-state index in [4.69, 9.17) is 4.74 Å². The van der Waals surface area contributed by atoms with Crippen LogP contribution in [-0.4, -0.2) is 16.5 Å². The highest BCUT2D eigenvalue weighted by atomic mass is 16.6. The number of rotatable bonds is 7. The summed E-state index contributed by atoms with van der Waals surface area (Å²) in [6, 6.07) is 2.92. The van der Waals surface area contributed by atoms with Gasteiger partial charge < -0.3 is 4.74 Å². The Bertz CT molecular complexity index is 325. The maximum absolute atomic E-state index is 10.4. The Balaban J connectivity index is 2.29. The van der Waals surface area contributed by atoms with Crippen molar-refractivity contribution < 1.29 is 9.66 Å². The summed E-state index contributed by atoms with van der Waals surface area (Å²) >= 11 is 0. The van der Waals surface area contributed by atoms with Crippen molar-refractivity contribution in [2.75, 3.05) is 6.61 Å². The summed E-state index contributed by atoms with van der Waals surface area (Å²) in [6.45, 7) is 2.77. The highest BCUT2D eigenvalue weighted by Crippen LogP contribution is 2.13. The van der Waals surface area contributed by atoms with Crippen LogP contribution in [0, 0.1) is 10.1 Å². The fraction of sp³-hybridized carbons (Fsp3) is 0.545. The molecule has 0 atom stereocenters. The Labute approximate surface area is 94.6 Å². The second-order valence-corrected chi connectivity index (χ2v) is 3.52. The lowest BCUT2D eigenvalue weighted by molar-refractivity contribution is -0.385. The molecule has 1 rings (SSSR count). The Morgan fingerprint density at radius 1 is 1.38 bits per heavy atom. The van der Waals surface area contributed by atoms with E-state index in [1.54, 1.807) is 0 Å². The van der Waals surface area contributed by atoms with Gasteiger partial charge >= 0.3 is 0 Å². The quantitative estimate of drug-likeness (QED) is 0.405. The lowest BCUT2D eigenvalue weighted by atomic mass is 10.2. The van der Waals surface area contributed by atoms with Gasteiger partial charge in [-0.1, -0.05) is 26.2 Å². The first-order chi connectivity index (χ1) is 7.74. The number of aromatic nitrogens is 1. The van der Waals surface area contributed by atoms with Crippen LogP contribution in [0.5, 0.6) is 5.88 Å². The van der Waals surface area contributed by atoms with Crippen LogP contribution in [0.15, 0.2) is 18.3 Å². The molecule has 0 spiro atoms. The van der Waals surface area contributed by atoms with E-state index in [0.717, 1.165) is 12.8 Å². The van der Waals surface area contributed by atoms with E-state index in [2.05, 4.69) is 11.9 Å². The summed E-state index contributed by atoms with van der Waals surface area (Å²) in [5.74, 6) is 0.446. The van der Waals surface area contributed by atoms with Gasteiger partial charge in [0.1, 0.15) is 6.20 Å². The van der Waals surface area contributed by atoms with Crippen LogP contribution < -0.4 is 4.74 Å². The normalized spacial score (nSPS) is 10.1. The largest absolute Gasteiger partial charge is 0.478 e. The zero-order valence-corrected chi connectivity index (χ0v) is 9.39. The molecule has 0 aliphatic heterocycles. The lowest BCUT2D eigenvalue weighted by Crippen LogP contribution is -1.99. The van der Waals surface area contributed by atoms with Crippen LogP contribution in [0.2, 0.25) is 0 Å². The molecule has 0 radical (unpaired) electrons. The summed E-state index contributed by atoms with van der Waals surface area (Å²) in [5.41, 5.74) is -0.0154. The van der Waals surface area contributed by atoms with Crippen molar-refractivity contribution in [3.8, 4) is 5.88 Å². The first-order valence-electron chi connectivity index (χ1n) is 5.47. The summed E-state index contributed by atoms with van der Waals surface area (Å²) in [5, 5.41) is 10.4. The number of nitro groups is 1. The predicted octanol–water partition coefficient (Wildman–Crippen LogP) is 2.95. The first kappa shape index (κ1) is 12.4. The van der Waals surface area contributed by atoms with Crippen molar-refractivity contribution >= 4 is 5.69 Å². The van der Waals surface area contributed by atoms with Gasteiger partial charge in [0.25, 0.3) is 5.69 Å². The van der Waals surface area contributed by atoms with E-state index in [-0.39, 0.29) is 5.69 Å². The van der Waals surface area contributed by atoms with E-state index < -0.39 is 4.92 Å². The molecule has 0 saturated heterocycles. The molecular formula is C11H16N2O3. The van der Waals surface area contributed by atoms with Gasteiger partial charge in [0.05, 0.1) is 11.5 Å². The van der Waals surface area contributed by atoms with Gasteiger partial charge in [0.2, 0.25) is 5.88 Å². The number of nitrogens with zero attached hydrogens (tertiary/aromatic N) is 2. The Morgan fingerprint density at radius 3 is 2.75 bits per heavy atom. The van der Waals surface area contributed by atoms with E-state index in [1.807, 2.05) is 0 Å². The van der Waals surface area contributed by atoms with Gasteiger partial charge in [0, 0.05) is 12.1 Å². The van der Waals surface area contributed by atoms with E-state index in [0.29, 0.717) is 12.5 Å². The monoisotopic (exact) mass is 224 g/mol. The smallest absolute Gasteiger partial charge is 0.287 e. The van der Waals surface area contributed by atoms with Crippen molar-refractivity contribution in [1.82, 2.24) is 4.98 Å². The summed E-state index contributed by atoms with van der Waals surface area (Å²) in [6.07, 6.45) is 5.74. The molecule has 1 aromatic heterocycles. The van der Waals surface area contributed by atoms with Crippen molar-refractivity contribution in [3.63, 3.8) is 0 Å². The molecule has 5 nitrogen and oxygen atoms in total. The maximum Gasteiger partial charge on any atom is 0.287 e. The van der Waals surface area contributed by atoms with Gasteiger partial charge in [0.15, 0.2) is 0 Å². The van der Waals surface area contributed by atoms with E-state index in [9.17, 15) is 10.1 Å². The van der Waals surface area contributed by atoms with Crippen molar-refractivity contribution in [2.24, 2.45) is 0 Å². The van der Waals surface area contributed by atoms with Crippen molar-refractivity contribution in [2.45, 2.75) is 32.6 Å². The molecule has 0 saturated carbocycles. The highest BCUT2D eigenvalue weighted by Gasteiger charge is 2.05. The molecule has 5 heteroatoms. The molecule has 0 aliphatic rings. The van der Waals surface area contributed by atoms with Crippen LogP contribution in [-0.2, 0) is 0 Å². The first-order valence-corrected chi connectivity index (χ1v) is 5.47. The number of hydrogen-bond donors (Lipinski definition) is 0. The minimum atomic E-state index is -0.474. The van der Waals surface area contributed by atoms with Gasteiger partial charge in [-0.25, -0.2) is 4.98 Å². The third-order valence-electron chi connectivity index (χ3n) is 2.18. The SMILES string of the molecule is CCCCCCOc1ccc([N+](=O)[O-])cn1. The summed E-state index contributed by atoms with van der Waals surface area (Å²) in [7, 11) is 0. The summed E-state index contributed by atoms with van der Waals surface area (Å²) in [4.78, 5) is 13.7. The van der Waals surface area contributed by atoms with Gasteiger partial charge in [-0.05, 0) is 6.42 Å². The van der Waals surface area contributed by atoms with E-state index >= 15 is 0 Å². The predicted molar refractivity (Wildman–Crippen MR) is 60.5 cm³/mol. The molecule has 0 aromatic carbocycles. The number of hydrogen-bond acceptors (Lipinski definition) is 4. The molecule has 0 aliphatic carbocycles. The number of ether oxygens (including phenoxy) is 1. The zero-order chi connectivity index (χ0) is 11.8.